The van der Waals surface area contributed by atoms with Crippen LogP contribution in [0.1, 0.15) is 31.2 Å². The van der Waals surface area contributed by atoms with E-state index in [4.69, 9.17) is 15.2 Å². The lowest BCUT2D eigenvalue weighted by Gasteiger charge is -2.15. The third-order valence-corrected chi connectivity index (χ3v) is 4.72. The molecule has 1 amide bonds. The number of nitrogens with two attached hydrogens (primary N) is 1. The minimum atomic E-state index is -0.0250. The Labute approximate surface area is 153 Å². The molecule has 26 heavy (non-hydrogen) atoms. The second kappa shape index (κ2) is 8.19. The number of hydrogen-bond donors (Lipinski definition) is 2. The molecule has 0 spiro atoms. The van der Waals surface area contributed by atoms with E-state index in [1.807, 2.05) is 25.1 Å². The Hall–Kier alpha value is -2.60. The number of hydrogen-bond acceptors (Lipinski definition) is 5. The number of pyridine rings is 1. The number of nitrogens with one attached hydrogen (secondary N) is 1. The van der Waals surface area contributed by atoms with Crippen LogP contribution in [0, 0.1) is 12.8 Å². The number of rotatable bonds is 6. The zero-order valence-electron chi connectivity index (χ0n) is 15.2. The maximum Gasteiger partial charge on any atom is 0.224 e. The molecule has 2 atom stereocenters. The highest BCUT2D eigenvalue weighted by Crippen LogP contribution is 2.31. The fraction of sp³-hybridized carbons (Fsp3) is 0.400. The fourth-order valence-electron chi connectivity index (χ4n) is 3.26. The van der Waals surface area contributed by atoms with Gasteiger partial charge in [0.1, 0.15) is 0 Å². The first-order valence-electron chi connectivity index (χ1n) is 8.89. The Morgan fingerprint density at radius 3 is 2.77 bits per heavy atom. The van der Waals surface area contributed by atoms with Crippen molar-refractivity contribution in [2.24, 2.45) is 11.7 Å². The van der Waals surface area contributed by atoms with Crippen LogP contribution in [-0.2, 0) is 4.79 Å². The van der Waals surface area contributed by atoms with Crippen molar-refractivity contribution in [3.05, 3.63) is 42.1 Å². The monoisotopic (exact) mass is 355 g/mol. The number of aromatic nitrogens is 1. The van der Waals surface area contributed by atoms with Crippen LogP contribution < -0.4 is 20.5 Å². The van der Waals surface area contributed by atoms with Crippen LogP contribution in [-0.4, -0.2) is 24.0 Å². The molecule has 1 heterocycles. The van der Waals surface area contributed by atoms with Crippen LogP contribution in [0.3, 0.4) is 0 Å². The van der Waals surface area contributed by atoms with Gasteiger partial charge in [-0.15, -0.1) is 0 Å². The lowest BCUT2D eigenvalue weighted by molar-refractivity contribution is -0.117. The topological polar surface area (TPSA) is 86.5 Å². The van der Waals surface area contributed by atoms with Crippen LogP contribution in [0.5, 0.6) is 17.4 Å². The van der Waals surface area contributed by atoms with Gasteiger partial charge in [0.05, 0.1) is 19.0 Å². The predicted molar refractivity (Wildman–Crippen MR) is 101 cm³/mol. The zero-order valence-corrected chi connectivity index (χ0v) is 15.2. The fourth-order valence-corrected chi connectivity index (χ4v) is 3.26. The van der Waals surface area contributed by atoms with Crippen LogP contribution in [0.2, 0.25) is 0 Å². The summed E-state index contributed by atoms with van der Waals surface area (Å²) in [5, 5.41) is 2.87. The van der Waals surface area contributed by atoms with Crippen molar-refractivity contribution in [2.75, 3.05) is 12.4 Å². The van der Waals surface area contributed by atoms with Gasteiger partial charge in [-0.25, -0.2) is 4.98 Å². The minimum absolute atomic E-state index is 0.0250. The summed E-state index contributed by atoms with van der Waals surface area (Å²) in [6, 6.07) is 9.32. The molecule has 1 aromatic carbocycles. The van der Waals surface area contributed by atoms with Gasteiger partial charge in [-0.2, -0.15) is 0 Å². The van der Waals surface area contributed by atoms with E-state index >= 15 is 0 Å². The Bertz CT molecular complexity index is 761. The van der Waals surface area contributed by atoms with E-state index in [1.165, 1.54) is 0 Å². The summed E-state index contributed by atoms with van der Waals surface area (Å²) in [5.41, 5.74) is 7.76. The highest BCUT2D eigenvalue weighted by Gasteiger charge is 2.26. The summed E-state index contributed by atoms with van der Waals surface area (Å²) in [5.74, 6) is 1.93. The van der Waals surface area contributed by atoms with Crippen molar-refractivity contribution < 1.29 is 14.3 Å². The number of amides is 1. The molecule has 1 aliphatic rings. The Kier molecular flexibility index (Phi) is 5.73. The van der Waals surface area contributed by atoms with Gasteiger partial charge in [0, 0.05) is 18.5 Å². The molecule has 0 unspecified atom stereocenters. The average Bonchev–Trinajstić information content (AvgIpc) is 3.02. The molecule has 0 radical (unpaired) electrons. The van der Waals surface area contributed by atoms with Gasteiger partial charge in [0.15, 0.2) is 11.5 Å². The molecule has 3 rings (SSSR count). The maximum absolute atomic E-state index is 12.2. The van der Waals surface area contributed by atoms with Gasteiger partial charge in [-0.05, 0) is 49.4 Å². The molecule has 1 saturated carbocycles. The molecular formula is C20H25N3O3. The van der Waals surface area contributed by atoms with Crippen molar-refractivity contribution in [2.45, 2.75) is 38.6 Å². The number of aryl methyl sites for hydroxylation is 1. The number of carbonyl (C=O) groups excluding carboxylic acids is 1. The highest BCUT2D eigenvalue weighted by atomic mass is 16.5. The molecule has 6 nitrogen and oxygen atoms in total. The second-order valence-electron chi connectivity index (χ2n) is 6.75. The first-order chi connectivity index (χ1) is 12.5. The van der Waals surface area contributed by atoms with Crippen LogP contribution in [0.25, 0.3) is 0 Å². The van der Waals surface area contributed by atoms with E-state index in [9.17, 15) is 4.79 Å². The van der Waals surface area contributed by atoms with Crippen LogP contribution >= 0.6 is 0 Å². The van der Waals surface area contributed by atoms with Crippen molar-refractivity contribution in [1.82, 2.24) is 4.98 Å². The van der Waals surface area contributed by atoms with Crippen molar-refractivity contribution in [3.8, 4) is 17.4 Å². The average molecular weight is 355 g/mol. The molecule has 3 N–H and O–H groups in total. The van der Waals surface area contributed by atoms with E-state index in [2.05, 4.69) is 10.3 Å². The lowest BCUT2D eigenvalue weighted by Crippen LogP contribution is -2.28. The maximum atomic E-state index is 12.2. The van der Waals surface area contributed by atoms with Gasteiger partial charge in [-0.3, -0.25) is 4.79 Å². The van der Waals surface area contributed by atoms with Gasteiger partial charge >= 0.3 is 0 Å². The molecule has 6 heteroatoms. The van der Waals surface area contributed by atoms with Gasteiger partial charge in [0.25, 0.3) is 0 Å². The quantitative estimate of drug-likeness (QED) is 0.826. The number of ether oxygens (including phenoxy) is 2. The van der Waals surface area contributed by atoms with Crippen LogP contribution in [0.4, 0.5) is 5.69 Å². The lowest BCUT2D eigenvalue weighted by atomic mass is 10.00. The Balaban J connectivity index is 1.59. The molecule has 0 saturated heterocycles. The normalized spacial score (nSPS) is 19.2. The molecule has 1 fully saturated rings. The van der Waals surface area contributed by atoms with Crippen molar-refractivity contribution in [3.63, 3.8) is 0 Å². The molecule has 1 aliphatic carbocycles. The second-order valence-corrected chi connectivity index (χ2v) is 6.75. The van der Waals surface area contributed by atoms with E-state index in [1.54, 1.807) is 25.4 Å². The molecule has 0 bridgehead atoms. The number of carbonyl (C=O) groups is 1. The standard InChI is InChI=1S/C20H25N3O3/c1-13-6-8-17(18(10-13)25-2)26-20-9-7-15(12-22-20)23-19(24)11-14-4-3-5-16(14)21/h6-10,12,14,16H,3-5,11,21H2,1-2H3,(H,23,24)/t14-,16+/m0/s1. The highest BCUT2D eigenvalue weighted by molar-refractivity contribution is 5.90. The molecule has 1 aromatic heterocycles. The van der Waals surface area contributed by atoms with E-state index < -0.39 is 0 Å². The van der Waals surface area contributed by atoms with Crippen molar-refractivity contribution in [1.29, 1.82) is 0 Å². The summed E-state index contributed by atoms with van der Waals surface area (Å²) in [7, 11) is 1.60. The number of benzene rings is 1. The third-order valence-electron chi connectivity index (χ3n) is 4.72. The third kappa shape index (κ3) is 4.52. The van der Waals surface area contributed by atoms with Gasteiger partial charge in [0.2, 0.25) is 11.8 Å². The summed E-state index contributed by atoms with van der Waals surface area (Å²) >= 11 is 0. The minimum Gasteiger partial charge on any atom is -0.493 e. The number of nitrogens with zero attached hydrogens (tertiary/aromatic N) is 1. The van der Waals surface area contributed by atoms with Crippen LogP contribution in [0.15, 0.2) is 36.5 Å². The van der Waals surface area contributed by atoms with Gasteiger partial charge < -0.3 is 20.5 Å². The van der Waals surface area contributed by atoms with E-state index in [0.717, 1.165) is 24.8 Å². The number of methoxy groups -OCH3 is 1. The Morgan fingerprint density at radius 2 is 2.12 bits per heavy atom. The van der Waals surface area contributed by atoms with E-state index in [-0.39, 0.29) is 17.9 Å². The SMILES string of the molecule is COc1cc(C)ccc1Oc1ccc(NC(=O)C[C@@H]2CCC[C@H]2N)cn1. The summed E-state index contributed by atoms with van der Waals surface area (Å²) < 4.78 is 11.1. The van der Waals surface area contributed by atoms with Crippen molar-refractivity contribution >= 4 is 11.6 Å². The first kappa shape index (κ1) is 18.2. The smallest absolute Gasteiger partial charge is 0.224 e. The molecule has 2 aromatic rings. The summed E-state index contributed by atoms with van der Waals surface area (Å²) in [6.07, 6.45) is 5.18. The van der Waals surface area contributed by atoms with E-state index in [0.29, 0.717) is 29.5 Å². The number of anilines is 1. The first-order valence-corrected chi connectivity index (χ1v) is 8.89. The summed E-state index contributed by atoms with van der Waals surface area (Å²) in [4.78, 5) is 16.4. The largest absolute Gasteiger partial charge is 0.493 e. The molecule has 0 aliphatic heterocycles. The summed E-state index contributed by atoms with van der Waals surface area (Å²) in [6.45, 7) is 1.99. The molecule has 138 valence electrons. The molecular weight excluding hydrogens is 330 g/mol. The van der Waals surface area contributed by atoms with Gasteiger partial charge in [-0.1, -0.05) is 12.5 Å². The zero-order chi connectivity index (χ0) is 18.5. The Morgan fingerprint density at radius 1 is 1.27 bits per heavy atom. The predicted octanol–water partition coefficient (Wildman–Crippen LogP) is 3.65.